The second-order valence-corrected chi connectivity index (χ2v) is 11.9. The first-order chi connectivity index (χ1) is 19.6. The van der Waals surface area contributed by atoms with Gasteiger partial charge in [0.15, 0.2) is 0 Å². The molecule has 0 aromatic rings. The minimum Gasteiger partial charge on any atom is -0.457 e. The van der Waals surface area contributed by atoms with Crippen LogP contribution >= 0.6 is 11.8 Å². The fourth-order valence-electron chi connectivity index (χ4n) is 6.00. The van der Waals surface area contributed by atoms with E-state index in [1.807, 2.05) is 6.92 Å². The third-order valence-corrected chi connectivity index (χ3v) is 9.40. The summed E-state index contributed by atoms with van der Waals surface area (Å²) >= 11 is 1.38. The molecule has 41 heavy (non-hydrogen) atoms. The lowest BCUT2D eigenvalue weighted by atomic mass is 9.79. The summed E-state index contributed by atoms with van der Waals surface area (Å²) in [6, 6.07) is -1.12. The molecule has 12 nitrogen and oxygen atoms in total. The van der Waals surface area contributed by atoms with Crippen LogP contribution in [-0.2, 0) is 28.7 Å². The number of amides is 3. The average molecular weight is 591 g/mol. The fourth-order valence-corrected chi connectivity index (χ4v) is 7.52. The van der Waals surface area contributed by atoms with Crippen molar-refractivity contribution in [2.75, 3.05) is 40.0 Å². The molecule has 6 atom stereocenters. The number of aliphatic hydroxyl groups is 1. The van der Waals surface area contributed by atoms with E-state index in [4.69, 9.17) is 14.3 Å². The number of likely N-dealkylation sites (tertiary alicyclic amines) is 2. The van der Waals surface area contributed by atoms with Gasteiger partial charge < -0.3 is 29.2 Å². The van der Waals surface area contributed by atoms with E-state index in [1.54, 1.807) is 11.8 Å². The van der Waals surface area contributed by atoms with Gasteiger partial charge in [0.25, 0.3) is 0 Å². The van der Waals surface area contributed by atoms with Crippen molar-refractivity contribution in [2.45, 2.75) is 56.5 Å². The number of ether oxygens (including phenoxy) is 2. The van der Waals surface area contributed by atoms with Crippen LogP contribution in [0.25, 0.3) is 0 Å². The molecule has 4 rings (SSSR count). The van der Waals surface area contributed by atoms with Gasteiger partial charge in [0.2, 0.25) is 11.8 Å². The normalized spacial score (nSPS) is 28.1. The number of carbonyl (C=O) groups is 4. The Morgan fingerprint density at radius 3 is 2.44 bits per heavy atom. The minimum atomic E-state index is -0.872. The SMILES string of the molecule is C=CCOC(=O)C1=C(S[C@H]2C[C@@H](C(=O)N3CCC(=NOC)CC3)N(C(=O)OCC=C)C2)[C@H](C)[C@@H]2[C@@H]([C@@H](C)O)C(=O)N12. The molecule has 1 N–H and O–H groups in total. The molecule has 0 saturated carbocycles. The van der Waals surface area contributed by atoms with Crippen LogP contribution in [0.5, 0.6) is 0 Å². The molecule has 0 radical (unpaired) electrons. The summed E-state index contributed by atoms with van der Waals surface area (Å²) in [7, 11) is 1.49. The van der Waals surface area contributed by atoms with E-state index in [0.29, 0.717) is 37.3 Å². The number of oxime groups is 1. The van der Waals surface area contributed by atoms with Gasteiger partial charge in [-0.05, 0) is 13.3 Å². The van der Waals surface area contributed by atoms with Crippen LogP contribution in [0.3, 0.4) is 0 Å². The lowest BCUT2D eigenvalue weighted by molar-refractivity contribution is -0.164. The minimum absolute atomic E-state index is 0.00950. The predicted octanol–water partition coefficient (Wildman–Crippen LogP) is 1.91. The molecular weight excluding hydrogens is 552 g/mol. The van der Waals surface area contributed by atoms with E-state index in [2.05, 4.69) is 18.3 Å². The Labute approximate surface area is 244 Å². The number of nitrogens with zero attached hydrogens (tertiary/aromatic N) is 4. The van der Waals surface area contributed by atoms with Gasteiger partial charge in [-0.3, -0.25) is 14.5 Å². The summed E-state index contributed by atoms with van der Waals surface area (Å²) in [5.74, 6) is -2.02. The Kier molecular flexibility index (Phi) is 9.80. The van der Waals surface area contributed by atoms with Crippen LogP contribution < -0.4 is 0 Å². The smallest absolute Gasteiger partial charge is 0.410 e. The second-order valence-electron chi connectivity index (χ2n) is 10.5. The topological polar surface area (TPSA) is 138 Å². The Bertz CT molecular complexity index is 1140. The number of aliphatic hydroxyl groups excluding tert-OH is 1. The van der Waals surface area contributed by atoms with Crippen LogP contribution in [0, 0.1) is 11.8 Å². The summed E-state index contributed by atoms with van der Waals surface area (Å²) in [6.07, 6.45) is 2.93. The largest absolute Gasteiger partial charge is 0.457 e. The van der Waals surface area contributed by atoms with Gasteiger partial charge >= 0.3 is 12.1 Å². The molecule has 13 heteroatoms. The maximum Gasteiger partial charge on any atom is 0.410 e. The molecule has 4 heterocycles. The zero-order chi connectivity index (χ0) is 29.8. The third-order valence-electron chi connectivity index (χ3n) is 7.91. The molecule has 224 valence electrons. The third kappa shape index (κ3) is 6.01. The summed E-state index contributed by atoms with van der Waals surface area (Å²) in [5.41, 5.74) is 1.04. The highest BCUT2D eigenvalue weighted by atomic mass is 32.2. The number of rotatable bonds is 10. The first kappa shape index (κ1) is 30.6. The highest BCUT2D eigenvalue weighted by Crippen LogP contribution is 2.52. The van der Waals surface area contributed by atoms with Crippen LogP contribution in [0.2, 0.25) is 0 Å². The van der Waals surface area contributed by atoms with Gasteiger partial charge in [0.1, 0.15) is 32.1 Å². The standard InChI is InChI=1S/C28H38N4O8S/c1-6-12-39-27(36)23-24(16(3)22-21(17(4)33)26(35)32(22)23)41-19-14-20(31(15-19)28(37)40-13-7-2)25(34)30-10-8-18(9-11-30)29-38-5/h6-7,16-17,19-22,33H,1-2,8-15H2,3-5H3/t16-,17-,19+,20+,21-,22-/m1/s1. The summed E-state index contributed by atoms with van der Waals surface area (Å²) in [5, 5.41) is 14.0. The summed E-state index contributed by atoms with van der Waals surface area (Å²) in [6.45, 7) is 11.8. The number of fused-ring (bicyclic) bond motifs is 1. The summed E-state index contributed by atoms with van der Waals surface area (Å²) < 4.78 is 10.6. The molecule has 0 bridgehead atoms. The number of hydrogen-bond donors (Lipinski definition) is 1. The van der Waals surface area contributed by atoms with Crippen LogP contribution in [0.1, 0.15) is 33.1 Å². The van der Waals surface area contributed by atoms with Crippen molar-refractivity contribution in [1.82, 2.24) is 14.7 Å². The van der Waals surface area contributed by atoms with E-state index in [9.17, 15) is 24.3 Å². The first-order valence-corrected chi connectivity index (χ1v) is 14.6. The molecule has 4 aliphatic heterocycles. The van der Waals surface area contributed by atoms with E-state index in [0.717, 1.165) is 5.71 Å². The van der Waals surface area contributed by atoms with Gasteiger partial charge in [-0.25, -0.2) is 9.59 Å². The molecule has 3 fully saturated rings. The van der Waals surface area contributed by atoms with Gasteiger partial charge in [-0.1, -0.05) is 37.4 Å². The first-order valence-electron chi connectivity index (χ1n) is 13.8. The molecule has 0 spiro atoms. The Morgan fingerprint density at radius 2 is 1.83 bits per heavy atom. The highest BCUT2D eigenvalue weighted by Gasteiger charge is 2.60. The van der Waals surface area contributed by atoms with Crippen molar-refractivity contribution in [1.29, 1.82) is 0 Å². The van der Waals surface area contributed by atoms with Crippen molar-refractivity contribution in [3.05, 3.63) is 35.9 Å². The molecule has 0 unspecified atom stereocenters. The lowest BCUT2D eigenvalue weighted by Gasteiger charge is -2.46. The Morgan fingerprint density at radius 1 is 1.17 bits per heavy atom. The number of thioether (sulfide) groups is 1. The zero-order valence-corrected chi connectivity index (χ0v) is 24.5. The maximum absolute atomic E-state index is 13.7. The van der Waals surface area contributed by atoms with Gasteiger partial charge in [0.05, 0.1) is 23.8 Å². The van der Waals surface area contributed by atoms with Crippen LogP contribution in [-0.4, -0.2) is 113 Å². The number of β-lactam (4-membered cyclic amide) rings is 1. The molecular formula is C28H38N4O8S. The van der Waals surface area contributed by atoms with Crippen LogP contribution in [0.4, 0.5) is 4.79 Å². The number of hydrogen-bond acceptors (Lipinski definition) is 10. The van der Waals surface area contributed by atoms with Crippen molar-refractivity contribution >= 4 is 41.4 Å². The van der Waals surface area contributed by atoms with Gasteiger partial charge in [-0.15, -0.1) is 11.8 Å². The zero-order valence-electron chi connectivity index (χ0n) is 23.7. The fraction of sp³-hybridized carbons (Fsp3) is 0.607. The predicted molar refractivity (Wildman–Crippen MR) is 151 cm³/mol. The molecule has 3 amide bonds. The van der Waals surface area contributed by atoms with E-state index in [-0.39, 0.29) is 54.5 Å². The van der Waals surface area contributed by atoms with Crippen molar-refractivity contribution in [3.8, 4) is 0 Å². The van der Waals surface area contributed by atoms with Gasteiger partial charge in [0, 0.05) is 48.5 Å². The molecule has 0 aliphatic carbocycles. The maximum atomic E-state index is 13.7. The Hall–Kier alpha value is -3.32. The second kappa shape index (κ2) is 13.1. The Balaban J connectivity index is 1.57. The molecule has 0 aromatic carbocycles. The quantitative estimate of drug-likeness (QED) is 0.175. The highest BCUT2D eigenvalue weighted by molar-refractivity contribution is 8.03. The number of piperidine rings is 1. The van der Waals surface area contributed by atoms with Crippen molar-refractivity contribution in [2.24, 2.45) is 17.0 Å². The summed E-state index contributed by atoms with van der Waals surface area (Å²) in [4.78, 5) is 62.9. The number of carbonyl (C=O) groups excluding carboxylic acids is 4. The van der Waals surface area contributed by atoms with E-state index >= 15 is 0 Å². The number of esters is 1. The van der Waals surface area contributed by atoms with E-state index < -0.39 is 30.1 Å². The average Bonchev–Trinajstić information content (AvgIpc) is 3.48. The van der Waals surface area contributed by atoms with Gasteiger partial charge in [-0.2, -0.15) is 0 Å². The van der Waals surface area contributed by atoms with Crippen molar-refractivity contribution < 1.29 is 38.6 Å². The van der Waals surface area contributed by atoms with E-state index in [1.165, 1.54) is 40.8 Å². The molecule has 3 saturated heterocycles. The van der Waals surface area contributed by atoms with Crippen molar-refractivity contribution in [3.63, 3.8) is 0 Å². The van der Waals surface area contributed by atoms with Crippen LogP contribution in [0.15, 0.2) is 41.1 Å². The molecule has 4 aliphatic rings. The lowest BCUT2D eigenvalue weighted by Crippen LogP contribution is -2.63. The molecule has 0 aromatic heterocycles. The monoisotopic (exact) mass is 590 g/mol.